The second kappa shape index (κ2) is 11.3. The van der Waals surface area contributed by atoms with Crippen LogP contribution in [0.2, 0.25) is 5.02 Å². The molecule has 0 spiro atoms. The number of carbonyl (C=O) groups is 2. The van der Waals surface area contributed by atoms with Crippen molar-refractivity contribution >= 4 is 51.6 Å². The molecule has 1 aliphatic rings. The van der Waals surface area contributed by atoms with E-state index in [2.05, 4.69) is 9.88 Å². The SMILES string of the molecule is COC(=O)[C@@H](OC(C)(C)C)c1c(C)c2c3c(cc(C)n3CCN2C(=O)Nc2ccccc2[N+](=O)[O-])c1-c1ccc(Cl)cc1. The summed E-state index contributed by atoms with van der Waals surface area (Å²) in [5.74, 6) is -0.581. The van der Waals surface area contributed by atoms with Crippen LogP contribution in [0.25, 0.3) is 22.0 Å². The van der Waals surface area contributed by atoms with Crippen LogP contribution in [0.3, 0.4) is 0 Å². The van der Waals surface area contributed by atoms with Gasteiger partial charge in [-0.3, -0.25) is 15.0 Å². The molecule has 43 heavy (non-hydrogen) atoms. The van der Waals surface area contributed by atoms with Gasteiger partial charge in [-0.15, -0.1) is 0 Å². The number of rotatable bonds is 6. The molecule has 2 heterocycles. The molecule has 0 saturated carbocycles. The van der Waals surface area contributed by atoms with Crippen molar-refractivity contribution in [2.24, 2.45) is 0 Å². The van der Waals surface area contributed by atoms with Gasteiger partial charge in [0.05, 0.1) is 28.8 Å². The summed E-state index contributed by atoms with van der Waals surface area (Å²) in [6.45, 7) is 10.2. The molecule has 3 aromatic carbocycles. The summed E-state index contributed by atoms with van der Waals surface area (Å²) in [5, 5.41) is 15.8. The zero-order valence-electron chi connectivity index (χ0n) is 24.9. The molecule has 4 aromatic rings. The van der Waals surface area contributed by atoms with Crippen molar-refractivity contribution < 1.29 is 24.0 Å². The molecule has 5 rings (SSSR count). The van der Waals surface area contributed by atoms with Gasteiger partial charge in [0, 0.05) is 40.8 Å². The van der Waals surface area contributed by atoms with Crippen LogP contribution in [0, 0.1) is 24.0 Å². The third kappa shape index (κ3) is 5.55. The number of nitrogens with one attached hydrogen (secondary N) is 1. The molecule has 0 radical (unpaired) electrons. The van der Waals surface area contributed by atoms with Crippen molar-refractivity contribution in [1.82, 2.24) is 4.57 Å². The van der Waals surface area contributed by atoms with Crippen LogP contribution in [-0.4, -0.2) is 40.7 Å². The number of methoxy groups -OCH3 is 1. The third-order valence-electron chi connectivity index (χ3n) is 7.51. The Morgan fingerprint density at radius 3 is 2.37 bits per heavy atom. The molecule has 1 aromatic heterocycles. The minimum Gasteiger partial charge on any atom is -0.467 e. The summed E-state index contributed by atoms with van der Waals surface area (Å²) in [5.41, 5.74) is 4.34. The number of benzene rings is 3. The Hall–Kier alpha value is -4.41. The highest BCUT2D eigenvalue weighted by atomic mass is 35.5. The zero-order valence-corrected chi connectivity index (χ0v) is 25.6. The number of ether oxygens (including phenoxy) is 2. The van der Waals surface area contributed by atoms with Crippen molar-refractivity contribution in [2.45, 2.75) is 52.9 Å². The fraction of sp³-hybridized carbons (Fsp3) is 0.312. The minimum absolute atomic E-state index is 0.0880. The predicted molar refractivity (Wildman–Crippen MR) is 167 cm³/mol. The Labute approximate surface area is 254 Å². The Kier molecular flexibility index (Phi) is 7.93. The fourth-order valence-corrected chi connectivity index (χ4v) is 5.88. The Morgan fingerprint density at radius 1 is 1.07 bits per heavy atom. The molecule has 0 unspecified atom stereocenters. The number of urea groups is 1. The minimum atomic E-state index is -1.12. The third-order valence-corrected chi connectivity index (χ3v) is 7.76. The summed E-state index contributed by atoms with van der Waals surface area (Å²) in [7, 11) is 1.31. The van der Waals surface area contributed by atoms with E-state index in [4.69, 9.17) is 21.1 Å². The lowest BCUT2D eigenvalue weighted by Gasteiger charge is -2.35. The molecule has 2 amide bonds. The first-order valence-electron chi connectivity index (χ1n) is 13.8. The van der Waals surface area contributed by atoms with Gasteiger partial charge in [0.15, 0.2) is 6.10 Å². The first-order valence-corrected chi connectivity index (χ1v) is 14.2. The fourth-order valence-electron chi connectivity index (χ4n) is 5.76. The maximum Gasteiger partial charge on any atom is 0.339 e. The number of esters is 1. The topological polar surface area (TPSA) is 116 Å². The Bertz CT molecular complexity index is 1760. The Balaban J connectivity index is 1.80. The largest absolute Gasteiger partial charge is 0.467 e. The van der Waals surface area contributed by atoms with E-state index in [9.17, 15) is 19.7 Å². The number of nitro benzene ring substituents is 1. The summed E-state index contributed by atoms with van der Waals surface area (Å²) in [6.07, 6.45) is -1.12. The number of amides is 2. The zero-order chi connectivity index (χ0) is 31.2. The number of anilines is 2. The standard InChI is InChI=1S/C32H33ClN4O6/c1-18-17-22-26(20-11-13-21(33)14-12-20)25(29(30(38)42-6)43-32(3,4)5)19(2)27-28(22)35(18)15-16-36(27)31(39)34-23-9-7-8-10-24(23)37(40)41/h7-14,17,29H,15-16H2,1-6H3,(H,34,39)/t29-/m0/s1. The number of hydrogen-bond donors (Lipinski definition) is 1. The number of carbonyl (C=O) groups excluding carboxylic acids is 2. The predicted octanol–water partition coefficient (Wildman–Crippen LogP) is 7.57. The number of aromatic nitrogens is 1. The van der Waals surface area contributed by atoms with E-state index in [-0.39, 0.29) is 11.4 Å². The van der Waals surface area contributed by atoms with Gasteiger partial charge in [-0.2, -0.15) is 0 Å². The van der Waals surface area contributed by atoms with E-state index in [1.807, 2.05) is 52.8 Å². The molecule has 1 aliphatic heterocycles. The highest BCUT2D eigenvalue weighted by Gasteiger charge is 2.38. The smallest absolute Gasteiger partial charge is 0.339 e. The summed E-state index contributed by atoms with van der Waals surface area (Å²) < 4.78 is 13.8. The maximum atomic E-state index is 13.9. The summed E-state index contributed by atoms with van der Waals surface area (Å²) >= 11 is 6.25. The van der Waals surface area contributed by atoms with Crippen LogP contribution >= 0.6 is 11.6 Å². The van der Waals surface area contributed by atoms with Gasteiger partial charge in [0.2, 0.25) is 0 Å². The highest BCUT2D eigenvalue weighted by Crippen LogP contribution is 2.48. The van der Waals surface area contributed by atoms with E-state index >= 15 is 0 Å². The van der Waals surface area contributed by atoms with Crippen molar-refractivity contribution in [2.75, 3.05) is 23.9 Å². The number of aryl methyl sites for hydroxylation is 1. The molecule has 1 atom stereocenters. The number of para-hydroxylation sites is 2. The van der Waals surface area contributed by atoms with Gasteiger partial charge in [0.1, 0.15) is 5.69 Å². The molecule has 0 bridgehead atoms. The average Bonchev–Trinajstić information content (AvgIpc) is 3.29. The van der Waals surface area contributed by atoms with Crippen LogP contribution in [0.1, 0.15) is 43.7 Å². The molecule has 0 saturated heterocycles. The molecule has 10 nitrogen and oxygen atoms in total. The van der Waals surface area contributed by atoms with E-state index < -0.39 is 28.6 Å². The lowest BCUT2D eigenvalue weighted by molar-refractivity contribution is -0.383. The summed E-state index contributed by atoms with van der Waals surface area (Å²) in [6, 6.07) is 14.9. The van der Waals surface area contributed by atoms with Crippen LogP contribution < -0.4 is 10.2 Å². The first-order chi connectivity index (χ1) is 20.3. The number of halogens is 1. The first kappa shape index (κ1) is 30.1. The van der Waals surface area contributed by atoms with E-state index in [0.29, 0.717) is 34.9 Å². The molecule has 0 fully saturated rings. The lowest BCUT2D eigenvalue weighted by Crippen LogP contribution is -2.41. The number of nitro groups is 1. The van der Waals surface area contributed by atoms with Crippen molar-refractivity contribution in [3.05, 3.63) is 86.6 Å². The molecule has 0 aliphatic carbocycles. The van der Waals surface area contributed by atoms with Crippen molar-refractivity contribution in [3.63, 3.8) is 0 Å². The second-order valence-corrected chi connectivity index (χ2v) is 11.9. The van der Waals surface area contributed by atoms with Crippen molar-refractivity contribution in [1.29, 1.82) is 0 Å². The van der Waals surface area contributed by atoms with Crippen molar-refractivity contribution in [3.8, 4) is 11.1 Å². The van der Waals surface area contributed by atoms with E-state index in [1.54, 1.807) is 29.2 Å². The van der Waals surface area contributed by atoms with Gasteiger partial charge >= 0.3 is 12.0 Å². The molecular formula is C32H33ClN4O6. The second-order valence-electron chi connectivity index (χ2n) is 11.5. The van der Waals surface area contributed by atoms with Gasteiger partial charge in [-0.05, 0) is 75.6 Å². The maximum absolute atomic E-state index is 13.9. The van der Waals surface area contributed by atoms with Crippen LogP contribution in [-0.2, 0) is 20.8 Å². The van der Waals surface area contributed by atoms with Gasteiger partial charge in [-0.1, -0.05) is 35.9 Å². The molecular weight excluding hydrogens is 572 g/mol. The van der Waals surface area contributed by atoms with Crippen LogP contribution in [0.4, 0.5) is 21.9 Å². The van der Waals surface area contributed by atoms with Gasteiger partial charge < -0.3 is 19.4 Å². The average molecular weight is 605 g/mol. The number of hydrogen-bond acceptors (Lipinski definition) is 6. The van der Waals surface area contributed by atoms with Gasteiger partial charge in [-0.25, -0.2) is 9.59 Å². The van der Waals surface area contributed by atoms with Crippen LogP contribution in [0.15, 0.2) is 54.6 Å². The summed E-state index contributed by atoms with van der Waals surface area (Å²) in [4.78, 5) is 40.0. The lowest BCUT2D eigenvalue weighted by atomic mass is 9.87. The molecule has 11 heteroatoms. The normalized spacial score (nSPS) is 13.6. The quantitative estimate of drug-likeness (QED) is 0.138. The Morgan fingerprint density at radius 2 is 1.74 bits per heavy atom. The molecule has 224 valence electrons. The monoisotopic (exact) mass is 604 g/mol. The number of nitrogens with zero attached hydrogens (tertiary/aromatic N) is 3. The highest BCUT2D eigenvalue weighted by molar-refractivity contribution is 6.30. The van der Waals surface area contributed by atoms with Crippen LogP contribution in [0.5, 0.6) is 0 Å². The van der Waals surface area contributed by atoms with Gasteiger partial charge in [0.25, 0.3) is 5.69 Å². The molecule has 1 N–H and O–H groups in total. The van der Waals surface area contributed by atoms with E-state index in [1.165, 1.54) is 19.2 Å². The van der Waals surface area contributed by atoms with E-state index in [0.717, 1.165) is 27.7 Å².